The van der Waals surface area contributed by atoms with Crippen molar-refractivity contribution in [2.24, 2.45) is 0 Å². The molecule has 0 amide bonds. The normalized spacial score (nSPS) is 10.8. The molecule has 0 fully saturated rings. The van der Waals surface area contributed by atoms with Crippen molar-refractivity contribution in [2.45, 2.75) is 0 Å². The lowest BCUT2D eigenvalue weighted by molar-refractivity contribution is 0.962. The minimum Gasteiger partial charge on any atom is -0.367 e. The Labute approximate surface area is 56.0 Å². The second-order valence-electron chi connectivity index (χ2n) is 1.92. The van der Waals surface area contributed by atoms with Gasteiger partial charge in [-0.1, -0.05) is 0 Å². The van der Waals surface area contributed by atoms with Gasteiger partial charge in [-0.3, -0.25) is 0 Å². The Hall–Kier alpha value is -1.72. The number of nitrogens with zero attached hydrogens (tertiary/aromatic N) is 4. The van der Waals surface area contributed by atoms with E-state index < -0.39 is 0 Å². The molecule has 0 aliphatic rings. The molecule has 0 atom stereocenters. The van der Waals surface area contributed by atoms with Gasteiger partial charge in [0.05, 0.1) is 6.20 Å². The number of hydrogen-bond acceptors (Lipinski definition) is 4. The molecular weight excluding hydrogens is 132 g/mol. The lowest BCUT2D eigenvalue weighted by Gasteiger charge is -1.89. The fourth-order valence-corrected chi connectivity index (χ4v) is 0.807. The van der Waals surface area contributed by atoms with Gasteiger partial charge in [-0.25, -0.2) is 9.66 Å². The zero-order valence-electron chi connectivity index (χ0n) is 5.10. The molecule has 2 aromatic heterocycles. The smallest absolute Gasteiger partial charge is 0.239 e. The first kappa shape index (κ1) is 5.10. The Morgan fingerprint density at radius 3 is 3.00 bits per heavy atom. The van der Waals surface area contributed by atoms with Gasteiger partial charge in [0.25, 0.3) is 0 Å². The van der Waals surface area contributed by atoms with E-state index in [0.29, 0.717) is 5.65 Å². The van der Waals surface area contributed by atoms with Crippen LogP contribution in [0.15, 0.2) is 12.5 Å². The standard InChI is InChI=1S/C4H6N6/c5-4-8-9-2-7-1-3(9)10(4)6/h1-2H,6H2,(H2,5,8). The lowest BCUT2D eigenvalue weighted by Crippen LogP contribution is -2.11. The van der Waals surface area contributed by atoms with Crippen molar-refractivity contribution in [1.29, 1.82) is 0 Å². The number of hydrogen-bond donors (Lipinski definition) is 2. The molecule has 0 saturated heterocycles. The van der Waals surface area contributed by atoms with Crippen molar-refractivity contribution in [2.75, 3.05) is 11.6 Å². The Kier molecular flexibility index (Phi) is 0.717. The number of anilines is 1. The average molecular weight is 138 g/mol. The number of nitrogen functional groups attached to an aromatic ring is 2. The molecule has 6 nitrogen and oxygen atoms in total. The zero-order valence-corrected chi connectivity index (χ0v) is 5.10. The van der Waals surface area contributed by atoms with Gasteiger partial charge in [-0.15, -0.1) is 5.10 Å². The first-order valence-corrected chi connectivity index (χ1v) is 2.70. The van der Waals surface area contributed by atoms with Crippen LogP contribution in [-0.2, 0) is 0 Å². The van der Waals surface area contributed by atoms with Crippen LogP contribution < -0.4 is 11.6 Å². The molecule has 0 bridgehead atoms. The predicted molar refractivity (Wildman–Crippen MR) is 35.5 cm³/mol. The van der Waals surface area contributed by atoms with E-state index in [1.54, 1.807) is 6.20 Å². The van der Waals surface area contributed by atoms with Gasteiger partial charge in [0, 0.05) is 0 Å². The number of aromatic nitrogens is 4. The summed E-state index contributed by atoms with van der Waals surface area (Å²) in [6.07, 6.45) is 3.12. The zero-order chi connectivity index (χ0) is 7.14. The molecule has 4 N–H and O–H groups in total. The maximum atomic E-state index is 5.45. The number of fused-ring (bicyclic) bond motifs is 1. The van der Waals surface area contributed by atoms with Crippen LogP contribution in [0.4, 0.5) is 5.95 Å². The maximum absolute atomic E-state index is 5.45. The average Bonchev–Trinajstić information content (AvgIpc) is 2.41. The minimum absolute atomic E-state index is 0.275. The molecular formula is C4H6N6. The van der Waals surface area contributed by atoms with Gasteiger partial charge < -0.3 is 11.6 Å². The van der Waals surface area contributed by atoms with Crippen LogP contribution in [0.3, 0.4) is 0 Å². The van der Waals surface area contributed by atoms with Crippen LogP contribution in [0.25, 0.3) is 5.65 Å². The Morgan fingerprint density at radius 2 is 2.30 bits per heavy atom. The van der Waals surface area contributed by atoms with Crippen molar-refractivity contribution in [3.63, 3.8) is 0 Å². The fourth-order valence-electron chi connectivity index (χ4n) is 0.807. The molecule has 6 heteroatoms. The number of imidazole rings is 1. The Morgan fingerprint density at radius 1 is 1.50 bits per heavy atom. The second kappa shape index (κ2) is 1.41. The molecule has 0 unspecified atom stereocenters. The largest absolute Gasteiger partial charge is 0.367 e. The third kappa shape index (κ3) is 0.426. The molecule has 0 aliphatic carbocycles. The number of rotatable bonds is 0. The monoisotopic (exact) mass is 138 g/mol. The quantitative estimate of drug-likeness (QED) is 0.449. The highest BCUT2D eigenvalue weighted by Crippen LogP contribution is 2.01. The van der Waals surface area contributed by atoms with Crippen molar-refractivity contribution < 1.29 is 0 Å². The van der Waals surface area contributed by atoms with E-state index >= 15 is 0 Å². The van der Waals surface area contributed by atoms with E-state index in [0.717, 1.165) is 0 Å². The Balaban J connectivity index is 2.95. The first-order chi connectivity index (χ1) is 4.79. The summed E-state index contributed by atoms with van der Waals surface area (Å²) < 4.78 is 2.78. The highest BCUT2D eigenvalue weighted by molar-refractivity contribution is 5.42. The summed E-state index contributed by atoms with van der Waals surface area (Å²) in [6, 6.07) is 0. The van der Waals surface area contributed by atoms with Gasteiger partial charge in [0.2, 0.25) is 5.95 Å². The molecule has 2 heterocycles. The van der Waals surface area contributed by atoms with E-state index in [2.05, 4.69) is 10.1 Å². The molecule has 2 rings (SSSR count). The van der Waals surface area contributed by atoms with Gasteiger partial charge >= 0.3 is 0 Å². The van der Waals surface area contributed by atoms with Gasteiger partial charge in [0.1, 0.15) is 6.33 Å². The van der Waals surface area contributed by atoms with Crippen LogP contribution in [0.5, 0.6) is 0 Å². The van der Waals surface area contributed by atoms with Crippen LogP contribution >= 0.6 is 0 Å². The van der Waals surface area contributed by atoms with Gasteiger partial charge in [-0.2, -0.15) is 4.52 Å². The lowest BCUT2D eigenvalue weighted by atomic mass is 10.8. The van der Waals surface area contributed by atoms with Crippen LogP contribution in [0, 0.1) is 0 Å². The van der Waals surface area contributed by atoms with E-state index in [9.17, 15) is 0 Å². The summed E-state index contributed by atoms with van der Waals surface area (Å²) >= 11 is 0. The molecule has 0 radical (unpaired) electrons. The highest BCUT2D eigenvalue weighted by Gasteiger charge is 2.02. The molecule has 0 spiro atoms. The maximum Gasteiger partial charge on any atom is 0.239 e. The van der Waals surface area contributed by atoms with E-state index in [4.69, 9.17) is 11.6 Å². The first-order valence-electron chi connectivity index (χ1n) is 2.70. The Bertz CT molecular complexity index is 357. The molecule has 10 heavy (non-hydrogen) atoms. The molecule has 52 valence electrons. The van der Waals surface area contributed by atoms with Crippen LogP contribution in [0.2, 0.25) is 0 Å². The molecule has 2 aromatic rings. The third-order valence-corrected chi connectivity index (χ3v) is 1.30. The summed E-state index contributed by atoms with van der Waals surface area (Å²) in [6.45, 7) is 0. The summed E-state index contributed by atoms with van der Waals surface area (Å²) in [5, 5.41) is 3.84. The topological polar surface area (TPSA) is 87.2 Å². The molecule has 0 aromatic carbocycles. The van der Waals surface area contributed by atoms with Crippen LogP contribution in [0.1, 0.15) is 0 Å². The third-order valence-electron chi connectivity index (χ3n) is 1.30. The van der Waals surface area contributed by atoms with Crippen LogP contribution in [-0.4, -0.2) is 19.3 Å². The second-order valence-corrected chi connectivity index (χ2v) is 1.92. The van der Waals surface area contributed by atoms with E-state index in [1.807, 2.05) is 0 Å². The summed E-state index contributed by atoms with van der Waals surface area (Å²) in [4.78, 5) is 3.81. The predicted octanol–water partition coefficient (Wildman–Crippen LogP) is -1.17. The minimum atomic E-state index is 0.275. The fraction of sp³-hybridized carbons (Fsp3) is 0. The molecule has 0 aliphatic heterocycles. The van der Waals surface area contributed by atoms with Gasteiger partial charge in [0.15, 0.2) is 5.65 Å². The van der Waals surface area contributed by atoms with Gasteiger partial charge in [-0.05, 0) is 0 Å². The number of nitrogens with two attached hydrogens (primary N) is 2. The van der Waals surface area contributed by atoms with Crippen molar-refractivity contribution in [3.8, 4) is 0 Å². The van der Waals surface area contributed by atoms with E-state index in [1.165, 1.54) is 15.5 Å². The summed E-state index contributed by atoms with van der Waals surface area (Å²) in [5.41, 5.74) is 6.05. The van der Waals surface area contributed by atoms with Crippen molar-refractivity contribution >= 4 is 11.6 Å². The summed E-state index contributed by atoms with van der Waals surface area (Å²) in [5.74, 6) is 5.73. The molecule has 0 saturated carbocycles. The van der Waals surface area contributed by atoms with Crippen molar-refractivity contribution in [1.82, 2.24) is 19.3 Å². The van der Waals surface area contributed by atoms with Crippen molar-refractivity contribution in [3.05, 3.63) is 12.5 Å². The van der Waals surface area contributed by atoms with E-state index in [-0.39, 0.29) is 5.95 Å². The summed E-state index contributed by atoms with van der Waals surface area (Å²) in [7, 11) is 0. The SMILES string of the molecule is Nc1nn2cncc2n1N. The highest BCUT2D eigenvalue weighted by atomic mass is 15.5.